The molecule has 6 nitrogen and oxygen atoms in total. The summed E-state index contributed by atoms with van der Waals surface area (Å²) >= 11 is 0. The van der Waals surface area contributed by atoms with Crippen molar-refractivity contribution in [2.45, 2.75) is 45.4 Å². The van der Waals surface area contributed by atoms with Crippen LogP contribution in [0.3, 0.4) is 0 Å². The summed E-state index contributed by atoms with van der Waals surface area (Å²) in [5.41, 5.74) is 0.695. The summed E-state index contributed by atoms with van der Waals surface area (Å²) in [6.07, 6.45) is 1.77. The number of fused-ring (bicyclic) bond motifs is 3. The predicted molar refractivity (Wildman–Crippen MR) is 81.8 cm³/mol. The van der Waals surface area contributed by atoms with E-state index in [1.807, 2.05) is 20.8 Å². The largest absolute Gasteiger partial charge is 0.477 e. The summed E-state index contributed by atoms with van der Waals surface area (Å²) in [4.78, 5) is 24.2. The van der Waals surface area contributed by atoms with Crippen molar-refractivity contribution in [1.82, 2.24) is 9.78 Å². The van der Waals surface area contributed by atoms with Gasteiger partial charge in [-0.1, -0.05) is 20.8 Å². The van der Waals surface area contributed by atoms with Gasteiger partial charge < -0.3 is 5.11 Å². The van der Waals surface area contributed by atoms with Crippen LogP contribution in [0.4, 0.5) is 0 Å². The van der Waals surface area contributed by atoms with Crippen molar-refractivity contribution in [2.75, 3.05) is 0 Å². The van der Waals surface area contributed by atoms with Gasteiger partial charge in [-0.05, 0) is 25.2 Å². The minimum atomic E-state index is -0.980. The summed E-state index contributed by atoms with van der Waals surface area (Å²) in [5, 5.41) is 23.4. The highest BCUT2D eigenvalue weighted by atomic mass is 16.4. The minimum absolute atomic E-state index is 0.000291. The molecule has 1 heterocycles. The number of nitrogens with zero attached hydrogens (tertiary/aromatic N) is 3. The SMILES string of the molecule is Cn1nc2c(c1C(=O)O)CC[C@H]1C(C)(C)C(=O)C(C#N)C[C@]21C. The lowest BCUT2D eigenvalue weighted by molar-refractivity contribution is -0.140. The molecule has 0 bridgehead atoms. The molecule has 3 atom stereocenters. The van der Waals surface area contributed by atoms with Gasteiger partial charge in [0, 0.05) is 23.4 Å². The molecule has 0 amide bonds. The molecule has 6 heteroatoms. The van der Waals surface area contributed by atoms with Gasteiger partial charge in [0.1, 0.15) is 11.6 Å². The summed E-state index contributed by atoms with van der Waals surface area (Å²) in [7, 11) is 1.64. The van der Waals surface area contributed by atoms with Crippen LogP contribution in [0.1, 0.15) is 55.4 Å². The highest BCUT2D eigenvalue weighted by Crippen LogP contribution is 2.57. The molecule has 0 radical (unpaired) electrons. The van der Waals surface area contributed by atoms with Crippen molar-refractivity contribution in [3.8, 4) is 6.07 Å². The van der Waals surface area contributed by atoms with E-state index < -0.39 is 22.7 Å². The second-order valence-corrected chi connectivity index (χ2v) is 7.59. The molecular formula is C17H21N3O3. The number of hydrogen-bond donors (Lipinski definition) is 1. The average molecular weight is 315 g/mol. The van der Waals surface area contributed by atoms with Crippen molar-refractivity contribution in [1.29, 1.82) is 5.26 Å². The normalized spacial score (nSPS) is 31.9. The maximum atomic E-state index is 12.6. The number of ketones is 1. The second-order valence-electron chi connectivity index (χ2n) is 7.59. The molecule has 1 aromatic rings. The van der Waals surface area contributed by atoms with E-state index in [-0.39, 0.29) is 17.4 Å². The van der Waals surface area contributed by atoms with Crippen molar-refractivity contribution < 1.29 is 14.7 Å². The fourth-order valence-electron chi connectivity index (χ4n) is 4.94. The van der Waals surface area contributed by atoms with Crippen molar-refractivity contribution in [3.63, 3.8) is 0 Å². The number of hydrogen-bond acceptors (Lipinski definition) is 4. The molecule has 23 heavy (non-hydrogen) atoms. The Morgan fingerprint density at radius 3 is 2.65 bits per heavy atom. The Morgan fingerprint density at radius 2 is 2.09 bits per heavy atom. The van der Waals surface area contributed by atoms with Gasteiger partial charge in [0.05, 0.1) is 11.8 Å². The van der Waals surface area contributed by atoms with Crippen LogP contribution in [-0.2, 0) is 23.7 Å². The van der Waals surface area contributed by atoms with Gasteiger partial charge in [-0.3, -0.25) is 9.48 Å². The summed E-state index contributed by atoms with van der Waals surface area (Å²) in [5.74, 6) is -1.57. The first-order chi connectivity index (χ1) is 10.6. The first kappa shape index (κ1) is 15.7. The highest BCUT2D eigenvalue weighted by Gasteiger charge is 2.58. The smallest absolute Gasteiger partial charge is 0.354 e. The number of Topliss-reactive ketones (excluding diaryl/α,β-unsaturated/α-hetero) is 1. The Hall–Kier alpha value is -2.16. The zero-order valence-electron chi connectivity index (χ0n) is 13.9. The standard InChI is InChI=1S/C17H21N3O3/c1-16(2)11-6-5-10-12(15(22)23)20(4)19-13(10)17(11,3)7-9(8-18)14(16)21/h9,11H,5-7H2,1-4H3,(H,22,23)/t9?,11-,17-/m0/s1. The van der Waals surface area contributed by atoms with Crippen LogP contribution in [0.25, 0.3) is 0 Å². The minimum Gasteiger partial charge on any atom is -0.477 e. The van der Waals surface area contributed by atoms with Crippen LogP contribution in [0.5, 0.6) is 0 Å². The van der Waals surface area contributed by atoms with E-state index in [9.17, 15) is 20.0 Å². The third-order valence-corrected chi connectivity index (χ3v) is 5.95. The highest BCUT2D eigenvalue weighted by molar-refractivity contribution is 5.91. The second kappa shape index (κ2) is 4.67. The summed E-state index contributed by atoms with van der Waals surface area (Å²) in [6, 6.07) is 2.14. The fraction of sp³-hybridized carbons (Fsp3) is 0.647. The van der Waals surface area contributed by atoms with E-state index in [1.165, 1.54) is 4.68 Å². The van der Waals surface area contributed by atoms with E-state index in [0.29, 0.717) is 12.8 Å². The molecule has 122 valence electrons. The molecule has 1 unspecified atom stereocenters. The number of aromatic carboxylic acids is 1. The summed E-state index contributed by atoms with van der Waals surface area (Å²) < 4.78 is 1.42. The first-order valence-electron chi connectivity index (χ1n) is 7.88. The van der Waals surface area contributed by atoms with Gasteiger partial charge in [0.2, 0.25) is 0 Å². The number of rotatable bonds is 1. The van der Waals surface area contributed by atoms with E-state index >= 15 is 0 Å². The Bertz CT molecular complexity index is 756. The van der Waals surface area contributed by atoms with Crippen molar-refractivity contribution in [3.05, 3.63) is 17.0 Å². The molecular weight excluding hydrogens is 294 g/mol. The zero-order valence-corrected chi connectivity index (χ0v) is 13.9. The third-order valence-electron chi connectivity index (χ3n) is 5.95. The number of carboxylic acids is 1. The fourth-order valence-corrected chi connectivity index (χ4v) is 4.94. The first-order valence-corrected chi connectivity index (χ1v) is 7.88. The summed E-state index contributed by atoms with van der Waals surface area (Å²) in [6.45, 7) is 5.86. The van der Waals surface area contributed by atoms with E-state index in [2.05, 4.69) is 11.2 Å². The average Bonchev–Trinajstić information content (AvgIpc) is 2.80. The van der Waals surface area contributed by atoms with Gasteiger partial charge in [0.15, 0.2) is 5.78 Å². The molecule has 1 saturated carbocycles. The molecule has 3 rings (SSSR count). The van der Waals surface area contributed by atoms with Crippen LogP contribution < -0.4 is 0 Å². The lowest BCUT2D eigenvalue weighted by Crippen LogP contribution is -2.55. The van der Waals surface area contributed by atoms with Gasteiger partial charge in [-0.25, -0.2) is 4.79 Å². The van der Waals surface area contributed by atoms with Crippen molar-refractivity contribution in [2.24, 2.45) is 24.3 Å². The van der Waals surface area contributed by atoms with Gasteiger partial charge >= 0.3 is 5.97 Å². The third kappa shape index (κ3) is 1.89. The molecule has 0 aromatic carbocycles. The van der Waals surface area contributed by atoms with Crippen LogP contribution in [0, 0.1) is 28.6 Å². The lowest BCUT2D eigenvalue weighted by Gasteiger charge is -2.52. The maximum Gasteiger partial charge on any atom is 0.354 e. The van der Waals surface area contributed by atoms with Gasteiger partial charge in [0.25, 0.3) is 0 Å². The molecule has 2 aliphatic rings. The van der Waals surface area contributed by atoms with Gasteiger partial charge in [-0.2, -0.15) is 10.4 Å². The quantitative estimate of drug-likeness (QED) is 0.856. The predicted octanol–water partition coefficient (Wildman–Crippen LogP) is 2.08. The zero-order chi connectivity index (χ0) is 17.2. The molecule has 1 N–H and O–H groups in total. The van der Waals surface area contributed by atoms with Crippen LogP contribution in [0.2, 0.25) is 0 Å². The molecule has 1 fully saturated rings. The Kier molecular flexibility index (Phi) is 3.19. The number of carbonyl (C=O) groups excluding carboxylic acids is 1. The number of carbonyl (C=O) groups is 2. The number of aryl methyl sites for hydroxylation is 1. The molecule has 0 saturated heterocycles. The number of aromatic nitrogens is 2. The van der Waals surface area contributed by atoms with Crippen LogP contribution in [0.15, 0.2) is 0 Å². The maximum absolute atomic E-state index is 12.6. The Morgan fingerprint density at radius 1 is 1.43 bits per heavy atom. The monoisotopic (exact) mass is 315 g/mol. The number of carboxylic acid groups (broad SMARTS) is 1. The molecule has 0 aliphatic heterocycles. The molecule has 0 spiro atoms. The lowest BCUT2D eigenvalue weighted by atomic mass is 9.49. The topological polar surface area (TPSA) is 96.0 Å². The van der Waals surface area contributed by atoms with Gasteiger partial charge in [-0.15, -0.1) is 0 Å². The van der Waals surface area contributed by atoms with Crippen LogP contribution in [-0.4, -0.2) is 26.6 Å². The number of nitriles is 1. The Balaban J connectivity index is 2.21. The van der Waals surface area contributed by atoms with Crippen LogP contribution >= 0.6 is 0 Å². The van der Waals surface area contributed by atoms with E-state index in [4.69, 9.17) is 0 Å². The van der Waals surface area contributed by atoms with E-state index in [1.54, 1.807) is 7.05 Å². The molecule has 1 aromatic heterocycles. The van der Waals surface area contributed by atoms with Crippen molar-refractivity contribution >= 4 is 11.8 Å². The molecule has 2 aliphatic carbocycles. The van der Waals surface area contributed by atoms with E-state index in [0.717, 1.165) is 17.7 Å². The Labute approximate surface area is 135 Å².